The molecule has 0 radical (unpaired) electrons. The predicted molar refractivity (Wildman–Crippen MR) is 82.9 cm³/mol. The number of nitrogens with zero attached hydrogens (tertiary/aromatic N) is 1. The van der Waals surface area contributed by atoms with Gasteiger partial charge in [-0.05, 0) is 46.5 Å². The molecule has 7 heteroatoms. The van der Waals surface area contributed by atoms with Crippen molar-refractivity contribution in [1.82, 2.24) is 0 Å². The summed E-state index contributed by atoms with van der Waals surface area (Å²) in [5.74, 6) is -1.59. The molecule has 0 bridgehead atoms. The maximum atomic E-state index is 11.9. The van der Waals surface area contributed by atoms with Crippen molar-refractivity contribution in [2.24, 2.45) is 5.16 Å². The van der Waals surface area contributed by atoms with E-state index in [0.717, 1.165) is 0 Å². The lowest BCUT2D eigenvalue weighted by Crippen LogP contribution is -2.33. The highest BCUT2D eigenvalue weighted by Crippen LogP contribution is 2.24. The van der Waals surface area contributed by atoms with Gasteiger partial charge < -0.3 is 14.3 Å². The second-order valence-electron chi connectivity index (χ2n) is 6.61. The third-order valence-electron chi connectivity index (χ3n) is 3.17. The Kier molecular flexibility index (Phi) is 6.72. The normalized spacial score (nSPS) is 22.2. The predicted octanol–water partition coefficient (Wildman–Crippen LogP) is 2.16. The molecule has 1 aliphatic rings. The number of carbonyl (C=O) groups excluding carboxylic acids is 3. The summed E-state index contributed by atoms with van der Waals surface area (Å²) < 4.78 is 10.3. The molecule has 1 saturated carbocycles. The number of ketones is 1. The zero-order valence-corrected chi connectivity index (χ0v) is 14.4. The summed E-state index contributed by atoms with van der Waals surface area (Å²) in [5.41, 5.74) is -1.06. The fourth-order valence-corrected chi connectivity index (χ4v) is 2.19. The van der Waals surface area contributed by atoms with Crippen LogP contribution >= 0.6 is 0 Å². The molecule has 0 aromatic carbocycles. The van der Waals surface area contributed by atoms with E-state index in [1.165, 1.54) is 13.8 Å². The van der Waals surface area contributed by atoms with E-state index in [2.05, 4.69) is 5.16 Å². The number of ether oxygens (including phenoxy) is 2. The van der Waals surface area contributed by atoms with Gasteiger partial charge in [0.1, 0.15) is 17.8 Å². The smallest absolute Gasteiger partial charge is 0.364 e. The molecule has 0 saturated heterocycles. The minimum atomic E-state index is -0.793. The largest absolute Gasteiger partial charge is 0.463 e. The zero-order valence-electron chi connectivity index (χ0n) is 14.4. The first kappa shape index (κ1) is 19.1. The maximum Gasteiger partial charge on any atom is 0.364 e. The molecule has 0 spiro atoms. The molecule has 1 aliphatic carbocycles. The summed E-state index contributed by atoms with van der Waals surface area (Å²) in [6, 6.07) is 0. The monoisotopic (exact) mass is 327 g/mol. The molecule has 7 nitrogen and oxygen atoms in total. The Morgan fingerprint density at radius 3 is 1.91 bits per heavy atom. The van der Waals surface area contributed by atoms with E-state index in [4.69, 9.17) is 14.3 Å². The summed E-state index contributed by atoms with van der Waals surface area (Å²) in [4.78, 5) is 39.7. The molecule has 130 valence electrons. The van der Waals surface area contributed by atoms with Gasteiger partial charge in [-0.2, -0.15) is 0 Å². The van der Waals surface area contributed by atoms with E-state index in [1.807, 2.05) is 0 Å². The fraction of sp³-hybridized carbons (Fsp3) is 0.750. The Bertz CT molecular complexity index is 483. The topological polar surface area (TPSA) is 91.3 Å². The van der Waals surface area contributed by atoms with Gasteiger partial charge in [-0.3, -0.25) is 9.59 Å². The number of carbonyl (C=O) groups is 3. The molecule has 0 amide bonds. The van der Waals surface area contributed by atoms with Crippen LogP contribution in [0.15, 0.2) is 5.16 Å². The summed E-state index contributed by atoms with van der Waals surface area (Å²) in [6.45, 7) is 7.75. The Hall–Kier alpha value is -1.92. The second-order valence-corrected chi connectivity index (χ2v) is 6.61. The highest BCUT2D eigenvalue weighted by atomic mass is 16.6. The first-order valence-corrected chi connectivity index (χ1v) is 7.74. The van der Waals surface area contributed by atoms with Crippen molar-refractivity contribution in [3.63, 3.8) is 0 Å². The van der Waals surface area contributed by atoms with E-state index in [9.17, 15) is 14.4 Å². The number of oxime groups is 1. The average Bonchev–Trinajstić information content (AvgIpc) is 2.37. The van der Waals surface area contributed by atoms with Crippen LogP contribution < -0.4 is 0 Å². The Morgan fingerprint density at radius 1 is 0.957 bits per heavy atom. The van der Waals surface area contributed by atoms with Crippen molar-refractivity contribution >= 4 is 23.4 Å². The summed E-state index contributed by atoms with van der Waals surface area (Å²) >= 11 is 0. The molecule has 0 atom stereocenters. The Morgan fingerprint density at radius 2 is 1.48 bits per heavy atom. The van der Waals surface area contributed by atoms with Crippen molar-refractivity contribution in [1.29, 1.82) is 0 Å². The number of esters is 2. The molecule has 0 aromatic rings. The SMILES string of the molecule is CC(=O)OC1CCC(O/N=C(\C(C)=O)C(=O)OC(C)(C)C)CC1. The van der Waals surface area contributed by atoms with E-state index in [1.54, 1.807) is 20.8 Å². The fourth-order valence-electron chi connectivity index (χ4n) is 2.19. The van der Waals surface area contributed by atoms with Crippen molar-refractivity contribution in [3.05, 3.63) is 0 Å². The number of hydrogen-bond acceptors (Lipinski definition) is 7. The first-order valence-electron chi connectivity index (χ1n) is 7.74. The van der Waals surface area contributed by atoms with Gasteiger partial charge in [0, 0.05) is 13.8 Å². The molecule has 0 N–H and O–H groups in total. The molecule has 0 aromatic heterocycles. The molecule has 1 rings (SSSR count). The van der Waals surface area contributed by atoms with Gasteiger partial charge in [0.2, 0.25) is 5.71 Å². The summed E-state index contributed by atoms with van der Waals surface area (Å²) in [5, 5.41) is 3.70. The standard InChI is InChI=1S/C16H25NO6/c1-10(18)14(15(20)22-16(3,4)5)17-23-13-8-6-12(7-9-13)21-11(2)19/h12-13H,6-9H2,1-5H3/b17-14+. The second kappa shape index (κ2) is 8.08. The number of Topliss-reactive ketones (excluding diaryl/α,β-unsaturated/α-hetero) is 1. The third kappa shape index (κ3) is 7.25. The lowest BCUT2D eigenvalue weighted by molar-refractivity contribution is -0.150. The van der Waals surface area contributed by atoms with Gasteiger partial charge in [-0.25, -0.2) is 4.79 Å². The van der Waals surface area contributed by atoms with E-state index in [-0.39, 0.29) is 23.9 Å². The van der Waals surface area contributed by atoms with Crippen molar-refractivity contribution in [2.75, 3.05) is 0 Å². The molecule has 1 fully saturated rings. The van der Waals surface area contributed by atoms with E-state index >= 15 is 0 Å². The Balaban J connectivity index is 2.57. The van der Waals surface area contributed by atoms with Crippen LogP contribution in [0.1, 0.15) is 60.3 Å². The van der Waals surface area contributed by atoms with Crippen LogP contribution in [0.4, 0.5) is 0 Å². The molecule has 23 heavy (non-hydrogen) atoms. The summed E-state index contributed by atoms with van der Waals surface area (Å²) in [6.07, 6.45) is 2.30. The minimum absolute atomic E-state index is 0.102. The van der Waals surface area contributed by atoms with Crippen LogP contribution in [0, 0.1) is 0 Å². The molecular weight excluding hydrogens is 302 g/mol. The van der Waals surface area contributed by atoms with Crippen LogP contribution in [0.25, 0.3) is 0 Å². The van der Waals surface area contributed by atoms with E-state index < -0.39 is 17.4 Å². The van der Waals surface area contributed by atoms with Gasteiger partial charge in [-0.15, -0.1) is 0 Å². The number of hydrogen-bond donors (Lipinski definition) is 0. The lowest BCUT2D eigenvalue weighted by atomic mass is 9.95. The quantitative estimate of drug-likeness (QED) is 0.332. The zero-order chi connectivity index (χ0) is 17.6. The lowest BCUT2D eigenvalue weighted by Gasteiger charge is -2.26. The van der Waals surface area contributed by atoms with Gasteiger partial charge in [0.05, 0.1) is 0 Å². The van der Waals surface area contributed by atoms with Gasteiger partial charge >= 0.3 is 11.9 Å². The van der Waals surface area contributed by atoms with Crippen LogP contribution in [0.3, 0.4) is 0 Å². The maximum absolute atomic E-state index is 11.9. The minimum Gasteiger partial charge on any atom is -0.463 e. The highest BCUT2D eigenvalue weighted by Gasteiger charge is 2.27. The average molecular weight is 327 g/mol. The molecule has 0 heterocycles. The Labute approximate surface area is 136 Å². The van der Waals surface area contributed by atoms with Gasteiger partial charge in [-0.1, -0.05) is 5.16 Å². The van der Waals surface area contributed by atoms with Crippen LogP contribution in [0.5, 0.6) is 0 Å². The van der Waals surface area contributed by atoms with Crippen molar-refractivity contribution in [2.45, 2.75) is 78.1 Å². The third-order valence-corrected chi connectivity index (χ3v) is 3.17. The van der Waals surface area contributed by atoms with Gasteiger partial charge in [0.25, 0.3) is 0 Å². The molecule has 0 unspecified atom stereocenters. The first-order chi connectivity index (χ1) is 10.6. The van der Waals surface area contributed by atoms with Gasteiger partial charge in [0.15, 0.2) is 5.78 Å². The van der Waals surface area contributed by atoms with Crippen LogP contribution in [-0.2, 0) is 28.7 Å². The number of rotatable bonds is 5. The summed E-state index contributed by atoms with van der Waals surface area (Å²) in [7, 11) is 0. The molecular formula is C16H25NO6. The van der Waals surface area contributed by atoms with Crippen LogP contribution in [-0.4, -0.2) is 41.2 Å². The van der Waals surface area contributed by atoms with Crippen molar-refractivity contribution < 1.29 is 28.7 Å². The molecule has 0 aliphatic heterocycles. The van der Waals surface area contributed by atoms with E-state index in [0.29, 0.717) is 25.7 Å². The van der Waals surface area contributed by atoms with Crippen LogP contribution in [0.2, 0.25) is 0 Å². The highest BCUT2D eigenvalue weighted by molar-refractivity contribution is 6.63. The van der Waals surface area contributed by atoms with Crippen molar-refractivity contribution in [3.8, 4) is 0 Å².